The molecule has 0 fully saturated rings. The predicted octanol–water partition coefficient (Wildman–Crippen LogP) is 4.43. The Morgan fingerprint density at radius 1 is 0.833 bits per heavy atom. The number of nitrogens with one attached hydrogen (secondary N) is 2. The van der Waals surface area contributed by atoms with Gasteiger partial charge in [0.1, 0.15) is 5.75 Å². The van der Waals surface area contributed by atoms with Gasteiger partial charge in [0.15, 0.2) is 0 Å². The largest absolute Gasteiger partial charge is 0.497 e. The zero-order valence-electron chi connectivity index (χ0n) is 13.1. The summed E-state index contributed by atoms with van der Waals surface area (Å²) in [7, 11) is 1.64. The van der Waals surface area contributed by atoms with Crippen molar-refractivity contribution < 1.29 is 14.9 Å². The van der Waals surface area contributed by atoms with Crippen molar-refractivity contribution in [1.82, 2.24) is 4.98 Å². The van der Waals surface area contributed by atoms with Crippen molar-refractivity contribution in [3.63, 3.8) is 0 Å². The Labute approximate surface area is 139 Å². The molecule has 6 heteroatoms. The van der Waals surface area contributed by atoms with Crippen molar-refractivity contribution in [2.24, 2.45) is 0 Å². The van der Waals surface area contributed by atoms with Gasteiger partial charge >= 0.3 is 0 Å². The molecule has 2 aromatic carbocycles. The molecule has 0 bridgehead atoms. The highest BCUT2D eigenvalue weighted by molar-refractivity contribution is 5.68. The van der Waals surface area contributed by atoms with Crippen molar-refractivity contribution in [3.8, 4) is 11.6 Å². The summed E-state index contributed by atoms with van der Waals surface area (Å²) in [5.74, 6) is 0.945. The van der Waals surface area contributed by atoms with Gasteiger partial charge in [-0.25, -0.2) is 10.2 Å². The molecule has 0 unspecified atom stereocenters. The van der Waals surface area contributed by atoms with Gasteiger partial charge in [-0.2, -0.15) is 0 Å². The number of hydrogen-bond acceptors (Lipinski definition) is 6. The summed E-state index contributed by atoms with van der Waals surface area (Å²) in [5, 5.41) is 15.1. The minimum absolute atomic E-state index is 0.147. The van der Waals surface area contributed by atoms with Gasteiger partial charge in [-0.15, -0.1) is 0 Å². The summed E-state index contributed by atoms with van der Waals surface area (Å²) in [4.78, 5) is 8.00. The fraction of sp³-hybridized carbons (Fsp3) is 0.0556. The van der Waals surface area contributed by atoms with Crippen molar-refractivity contribution in [1.29, 1.82) is 0 Å². The number of methoxy groups -OCH3 is 1. The first kappa shape index (κ1) is 15.6. The van der Waals surface area contributed by atoms with Crippen LogP contribution in [0.4, 0.5) is 22.7 Å². The van der Waals surface area contributed by atoms with Crippen LogP contribution in [0.1, 0.15) is 0 Å². The summed E-state index contributed by atoms with van der Waals surface area (Å²) in [6, 6.07) is 18.9. The zero-order valence-corrected chi connectivity index (χ0v) is 13.1. The topological polar surface area (TPSA) is 75.6 Å². The second-order valence-electron chi connectivity index (χ2n) is 5.04. The van der Waals surface area contributed by atoms with E-state index >= 15 is 0 Å². The molecule has 0 aliphatic rings. The van der Waals surface area contributed by atoms with Crippen LogP contribution in [-0.4, -0.2) is 17.4 Å². The molecule has 6 nitrogen and oxygen atoms in total. The average molecular weight is 323 g/mol. The molecule has 0 saturated carbocycles. The first-order valence-electron chi connectivity index (χ1n) is 7.32. The normalized spacial score (nSPS) is 10.1. The van der Waals surface area contributed by atoms with Gasteiger partial charge in [-0.1, -0.05) is 12.1 Å². The van der Waals surface area contributed by atoms with Crippen LogP contribution in [0.25, 0.3) is 0 Å². The highest BCUT2D eigenvalue weighted by atomic mass is 17.1. The molecule has 0 saturated heterocycles. The summed E-state index contributed by atoms with van der Waals surface area (Å²) in [6.07, 6.45) is 1.58. The van der Waals surface area contributed by atoms with Gasteiger partial charge < -0.3 is 20.3 Å². The smallest absolute Gasteiger partial charge is 0.256 e. The molecule has 0 amide bonds. The number of benzene rings is 2. The molecular formula is C18H17N3O3. The monoisotopic (exact) mass is 323 g/mol. The molecule has 122 valence electrons. The summed E-state index contributed by atoms with van der Waals surface area (Å²) in [5.41, 5.74) is 3.57. The van der Waals surface area contributed by atoms with Gasteiger partial charge in [0, 0.05) is 29.2 Å². The van der Waals surface area contributed by atoms with E-state index in [1.165, 1.54) is 0 Å². The average Bonchev–Trinajstić information content (AvgIpc) is 2.63. The zero-order chi connectivity index (χ0) is 16.8. The Kier molecular flexibility index (Phi) is 4.78. The van der Waals surface area contributed by atoms with Gasteiger partial charge in [0.25, 0.3) is 5.88 Å². The maximum Gasteiger partial charge on any atom is 0.256 e. The second-order valence-corrected chi connectivity index (χ2v) is 5.04. The number of ether oxygens (including phenoxy) is 1. The van der Waals surface area contributed by atoms with E-state index in [0.29, 0.717) is 0 Å². The summed E-state index contributed by atoms with van der Waals surface area (Å²) < 4.78 is 5.23. The molecule has 24 heavy (non-hydrogen) atoms. The molecule has 3 N–H and O–H groups in total. The van der Waals surface area contributed by atoms with E-state index in [2.05, 4.69) is 20.5 Å². The predicted molar refractivity (Wildman–Crippen MR) is 93.5 cm³/mol. The van der Waals surface area contributed by atoms with Crippen molar-refractivity contribution >= 4 is 22.7 Å². The van der Waals surface area contributed by atoms with E-state index in [1.807, 2.05) is 48.5 Å². The fourth-order valence-corrected chi connectivity index (χ4v) is 2.22. The minimum Gasteiger partial charge on any atom is -0.497 e. The van der Waals surface area contributed by atoms with Gasteiger partial charge in [-0.3, -0.25) is 0 Å². The molecule has 1 heterocycles. The van der Waals surface area contributed by atoms with Crippen molar-refractivity contribution in [2.45, 2.75) is 0 Å². The Morgan fingerprint density at radius 2 is 1.50 bits per heavy atom. The van der Waals surface area contributed by atoms with Crippen LogP contribution in [0.5, 0.6) is 11.6 Å². The van der Waals surface area contributed by atoms with E-state index in [-0.39, 0.29) is 5.88 Å². The van der Waals surface area contributed by atoms with Crippen LogP contribution >= 0.6 is 0 Å². The third kappa shape index (κ3) is 3.93. The van der Waals surface area contributed by atoms with E-state index in [1.54, 1.807) is 25.4 Å². The van der Waals surface area contributed by atoms with Crippen LogP contribution in [-0.2, 0) is 0 Å². The SMILES string of the molecule is COc1cccc(Nc2cccc(Nc3ccc(OO)nc3)c2)c1. The maximum atomic E-state index is 8.53. The quantitative estimate of drug-likeness (QED) is 0.460. The Bertz CT molecular complexity index is 807. The lowest BCUT2D eigenvalue weighted by atomic mass is 10.2. The highest BCUT2D eigenvalue weighted by Gasteiger charge is 2.01. The first-order chi connectivity index (χ1) is 11.8. The third-order valence-corrected chi connectivity index (χ3v) is 3.34. The summed E-state index contributed by atoms with van der Waals surface area (Å²) >= 11 is 0. The van der Waals surface area contributed by atoms with Crippen LogP contribution in [0, 0.1) is 0 Å². The van der Waals surface area contributed by atoms with Gasteiger partial charge in [-0.05, 0) is 36.4 Å². The maximum absolute atomic E-state index is 8.53. The van der Waals surface area contributed by atoms with Gasteiger partial charge in [0.05, 0.1) is 19.0 Å². The lowest BCUT2D eigenvalue weighted by Crippen LogP contribution is -1.95. The molecule has 0 spiro atoms. The van der Waals surface area contributed by atoms with E-state index in [0.717, 1.165) is 28.5 Å². The highest BCUT2D eigenvalue weighted by Crippen LogP contribution is 2.25. The third-order valence-electron chi connectivity index (χ3n) is 3.34. The van der Waals surface area contributed by atoms with E-state index < -0.39 is 0 Å². The molecule has 0 aliphatic heterocycles. The van der Waals surface area contributed by atoms with Crippen molar-refractivity contribution in [3.05, 3.63) is 66.9 Å². The molecule has 3 rings (SSSR count). The molecular weight excluding hydrogens is 306 g/mol. The van der Waals surface area contributed by atoms with Crippen LogP contribution in [0.2, 0.25) is 0 Å². The minimum atomic E-state index is 0.147. The number of hydrogen-bond donors (Lipinski definition) is 3. The number of nitrogens with zero attached hydrogens (tertiary/aromatic N) is 1. The van der Waals surface area contributed by atoms with E-state index in [4.69, 9.17) is 9.99 Å². The van der Waals surface area contributed by atoms with Gasteiger partial charge in [0.2, 0.25) is 0 Å². The standard InChI is InChI=1S/C18H17N3O3/c1-23-17-7-3-6-15(11-17)20-13-4-2-5-14(10-13)21-16-8-9-18(24-22)19-12-16/h2-12,20-22H,1H3. The molecule has 0 aliphatic carbocycles. The van der Waals surface area contributed by atoms with E-state index in [9.17, 15) is 0 Å². The van der Waals surface area contributed by atoms with Crippen LogP contribution in [0.15, 0.2) is 66.9 Å². The van der Waals surface area contributed by atoms with Crippen LogP contribution in [0.3, 0.4) is 0 Å². The number of aromatic nitrogens is 1. The Hall–Kier alpha value is -3.25. The summed E-state index contributed by atoms with van der Waals surface area (Å²) in [6.45, 7) is 0. The molecule has 1 aromatic heterocycles. The second kappa shape index (κ2) is 7.34. The lowest BCUT2D eigenvalue weighted by molar-refractivity contribution is -0.141. The fourth-order valence-electron chi connectivity index (χ4n) is 2.22. The Morgan fingerprint density at radius 3 is 2.12 bits per heavy atom. The number of anilines is 4. The molecule has 0 radical (unpaired) electrons. The number of rotatable bonds is 6. The molecule has 3 aromatic rings. The lowest BCUT2D eigenvalue weighted by Gasteiger charge is -2.11. The first-order valence-corrected chi connectivity index (χ1v) is 7.32. The van der Waals surface area contributed by atoms with Crippen LogP contribution < -0.4 is 20.3 Å². The molecule has 0 atom stereocenters. The van der Waals surface area contributed by atoms with Crippen molar-refractivity contribution in [2.75, 3.05) is 17.7 Å². The Balaban J connectivity index is 1.73. The number of pyridine rings is 1.